The van der Waals surface area contributed by atoms with Gasteiger partial charge in [0.25, 0.3) is 0 Å². The predicted molar refractivity (Wildman–Crippen MR) is 87.2 cm³/mol. The molecule has 0 bridgehead atoms. The summed E-state index contributed by atoms with van der Waals surface area (Å²) >= 11 is 0. The molecule has 1 aromatic heterocycles. The monoisotopic (exact) mass is 315 g/mol. The molecule has 2 aromatic rings. The van der Waals surface area contributed by atoms with Crippen molar-refractivity contribution in [3.63, 3.8) is 0 Å². The summed E-state index contributed by atoms with van der Waals surface area (Å²) in [4.78, 5) is 28.6. The van der Waals surface area contributed by atoms with Crippen molar-refractivity contribution in [3.05, 3.63) is 35.5 Å². The van der Waals surface area contributed by atoms with E-state index in [4.69, 9.17) is 0 Å². The van der Waals surface area contributed by atoms with Crippen molar-refractivity contribution in [2.24, 2.45) is 5.92 Å². The summed E-state index contributed by atoms with van der Waals surface area (Å²) in [6, 6.07) is 6.91. The molecule has 2 amide bonds. The molecule has 0 radical (unpaired) electrons. The summed E-state index contributed by atoms with van der Waals surface area (Å²) in [6.45, 7) is 4.63. The number of hydrogen-bond acceptors (Lipinski definition) is 2. The van der Waals surface area contributed by atoms with Crippen LogP contribution in [0.1, 0.15) is 25.1 Å². The number of nitrogens with one attached hydrogen (secondary N) is 2. The van der Waals surface area contributed by atoms with Crippen molar-refractivity contribution < 1.29 is 14.7 Å². The third-order valence-electron chi connectivity index (χ3n) is 4.38. The Balaban J connectivity index is 1.76. The van der Waals surface area contributed by atoms with Crippen LogP contribution < -0.4 is 5.32 Å². The number of carbonyl (C=O) groups excluding carboxylic acids is 1. The van der Waals surface area contributed by atoms with Crippen molar-refractivity contribution in [1.82, 2.24) is 15.2 Å². The van der Waals surface area contributed by atoms with E-state index >= 15 is 0 Å². The summed E-state index contributed by atoms with van der Waals surface area (Å²) in [5.74, 6) is -1.17. The molecular formula is C17H21N3O3. The maximum Gasteiger partial charge on any atom is 0.326 e. The summed E-state index contributed by atoms with van der Waals surface area (Å²) in [7, 11) is 0. The first-order valence-electron chi connectivity index (χ1n) is 7.84. The zero-order valence-electron chi connectivity index (χ0n) is 13.3. The van der Waals surface area contributed by atoms with Crippen LogP contribution >= 0.6 is 0 Å². The number of fused-ring (bicyclic) bond motifs is 3. The largest absolute Gasteiger partial charge is 0.480 e. The van der Waals surface area contributed by atoms with Crippen LogP contribution in [-0.4, -0.2) is 39.6 Å². The lowest BCUT2D eigenvalue weighted by atomic mass is 10.0. The van der Waals surface area contributed by atoms with Crippen molar-refractivity contribution in [2.75, 3.05) is 6.54 Å². The molecule has 1 atom stereocenters. The van der Waals surface area contributed by atoms with Gasteiger partial charge in [-0.15, -0.1) is 0 Å². The zero-order valence-corrected chi connectivity index (χ0v) is 13.3. The van der Waals surface area contributed by atoms with Crippen LogP contribution in [-0.2, 0) is 17.8 Å². The number of aromatic amines is 1. The van der Waals surface area contributed by atoms with Gasteiger partial charge < -0.3 is 20.3 Å². The van der Waals surface area contributed by atoms with E-state index < -0.39 is 12.0 Å². The van der Waals surface area contributed by atoms with Crippen LogP contribution in [0.15, 0.2) is 24.3 Å². The number of rotatable bonds is 3. The third-order valence-corrected chi connectivity index (χ3v) is 4.38. The van der Waals surface area contributed by atoms with E-state index in [1.807, 2.05) is 18.2 Å². The van der Waals surface area contributed by atoms with Gasteiger partial charge in [0, 0.05) is 23.1 Å². The lowest BCUT2D eigenvalue weighted by Crippen LogP contribution is -2.51. The first kappa shape index (κ1) is 15.4. The van der Waals surface area contributed by atoms with Gasteiger partial charge in [-0.3, -0.25) is 0 Å². The highest BCUT2D eigenvalue weighted by Crippen LogP contribution is 2.27. The smallest absolute Gasteiger partial charge is 0.326 e. The van der Waals surface area contributed by atoms with Gasteiger partial charge >= 0.3 is 12.0 Å². The summed E-state index contributed by atoms with van der Waals surface area (Å²) in [5.41, 5.74) is 3.36. The van der Waals surface area contributed by atoms with Crippen LogP contribution in [0.25, 0.3) is 10.9 Å². The minimum atomic E-state index is -1.00. The highest BCUT2D eigenvalue weighted by Gasteiger charge is 2.28. The number of hydrogen-bond donors (Lipinski definition) is 3. The third kappa shape index (κ3) is 2.88. The van der Waals surface area contributed by atoms with E-state index in [0.29, 0.717) is 13.1 Å². The second-order valence-corrected chi connectivity index (χ2v) is 6.31. The Kier molecular flexibility index (Phi) is 3.98. The van der Waals surface area contributed by atoms with E-state index in [1.54, 1.807) is 18.7 Å². The molecule has 0 saturated carbocycles. The Labute approximate surface area is 134 Å². The van der Waals surface area contributed by atoms with Gasteiger partial charge in [0.15, 0.2) is 0 Å². The number of nitrogens with zero attached hydrogens (tertiary/aromatic N) is 1. The maximum atomic E-state index is 12.4. The first-order valence-corrected chi connectivity index (χ1v) is 7.84. The van der Waals surface area contributed by atoms with Gasteiger partial charge in [-0.25, -0.2) is 9.59 Å². The number of H-pyrrole nitrogens is 1. The minimum Gasteiger partial charge on any atom is -0.480 e. The van der Waals surface area contributed by atoms with E-state index in [1.165, 1.54) is 10.9 Å². The number of amides is 2. The highest BCUT2D eigenvalue weighted by atomic mass is 16.4. The summed E-state index contributed by atoms with van der Waals surface area (Å²) < 4.78 is 0. The molecular weight excluding hydrogens is 294 g/mol. The minimum absolute atomic E-state index is 0.162. The molecule has 1 aliphatic rings. The number of carboxylic acid groups (broad SMARTS) is 1. The second kappa shape index (κ2) is 5.95. The van der Waals surface area contributed by atoms with E-state index in [2.05, 4.69) is 16.4 Å². The van der Waals surface area contributed by atoms with Crippen molar-refractivity contribution in [2.45, 2.75) is 32.9 Å². The fraction of sp³-hybridized carbons (Fsp3) is 0.412. The lowest BCUT2D eigenvalue weighted by molar-refractivity contribution is -0.140. The molecule has 3 rings (SSSR count). The molecule has 2 heterocycles. The first-order chi connectivity index (χ1) is 11.0. The Morgan fingerprint density at radius 1 is 1.30 bits per heavy atom. The van der Waals surface area contributed by atoms with Gasteiger partial charge in [0.2, 0.25) is 0 Å². The molecule has 1 aromatic carbocycles. The van der Waals surface area contributed by atoms with Crippen molar-refractivity contribution in [1.29, 1.82) is 0 Å². The second-order valence-electron chi connectivity index (χ2n) is 6.31. The van der Waals surface area contributed by atoms with Gasteiger partial charge in [-0.05, 0) is 24.0 Å². The summed E-state index contributed by atoms with van der Waals surface area (Å²) in [5, 5.41) is 13.0. The number of aromatic nitrogens is 1. The average Bonchev–Trinajstić information content (AvgIpc) is 2.89. The van der Waals surface area contributed by atoms with Crippen molar-refractivity contribution in [3.8, 4) is 0 Å². The Morgan fingerprint density at radius 2 is 2.04 bits per heavy atom. The molecule has 3 N–H and O–H groups in total. The molecule has 23 heavy (non-hydrogen) atoms. The molecule has 6 heteroatoms. The number of benzene rings is 1. The van der Waals surface area contributed by atoms with Gasteiger partial charge in [-0.2, -0.15) is 0 Å². The molecule has 0 fully saturated rings. The van der Waals surface area contributed by atoms with Crippen LogP contribution in [0.5, 0.6) is 0 Å². The molecule has 0 aliphatic carbocycles. The van der Waals surface area contributed by atoms with Crippen LogP contribution in [0.3, 0.4) is 0 Å². The summed E-state index contributed by atoms with van der Waals surface area (Å²) in [6.07, 6.45) is 0.770. The van der Waals surface area contributed by atoms with Crippen LogP contribution in [0, 0.1) is 5.92 Å². The Hall–Kier alpha value is -2.50. The van der Waals surface area contributed by atoms with E-state index in [9.17, 15) is 14.7 Å². The number of carboxylic acids is 1. The molecule has 1 aliphatic heterocycles. The SMILES string of the molecule is CC(C)[C@@H](NC(=O)N1CCc2c([nH]c3ccccc23)C1)C(=O)O. The van der Waals surface area contributed by atoms with Crippen molar-refractivity contribution >= 4 is 22.9 Å². The molecule has 0 spiro atoms. The predicted octanol–water partition coefficient (Wildman–Crippen LogP) is 2.34. The maximum absolute atomic E-state index is 12.4. The lowest BCUT2D eigenvalue weighted by Gasteiger charge is -2.29. The quantitative estimate of drug-likeness (QED) is 0.812. The fourth-order valence-electron chi connectivity index (χ4n) is 3.10. The Morgan fingerprint density at radius 3 is 2.74 bits per heavy atom. The number of aliphatic carboxylic acids is 1. The standard InChI is InChI=1S/C17H21N3O3/c1-10(2)15(16(21)22)19-17(23)20-8-7-12-11-5-3-4-6-13(11)18-14(12)9-20/h3-6,10,15,18H,7-9H2,1-2H3,(H,19,23)(H,21,22)/t15-/m1/s1. The fourth-order valence-corrected chi connectivity index (χ4v) is 3.10. The van der Waals surface area contributed by atoms with Gasteiger partial charge in [-0.1, -0.05) is 32.0 Å². The molecule has 0 saturated heterocycles. The van der Waals surface area contributed by atoms with Gasteiger partial charge in [0.1, 0.15) is 6.04 Å². The molecule has 122 valence electrons. The normalized spacial score (nSPS) is 15.5. The topological polar surface area (TPSA) is 85.4 Å². The number of carbonyl (C=O) groups is 2. The van der Waals surface area contributed by atoms with E-state index in [0.717, 1.165) is 17.6 Å². The number of para-hydroxylation sites is 1. The highest BCUT2D eigenvalue weighted by molar-refractivity contribution is 5.86. The van der Waals surface area contributed by atoms with Gasteiger partial charge in [0.05, 0.1) is 6.54 Å². The zero-order chi connectivity index (χ0) is 16.6. The van der Waals surface area contributed by atoms with Crippen LogP contribution in [0.2, 0.25) is 0 Å². The van der Waals surface area contributed by atoms with E-state index in [-0.39, 0.29) is 11.9 Å². The molecule has 0 unspecified atom stereocenters. The number of urea groups is 1. The van der Waals surface area contributed by atoms with Crippen LogP contribution in [0.4, 0.5) is 4.79 Å². The average molecular weight is 315 g/mol. The molecule has 6 nitrogen and oxygen atoms in total. The Bertz CT molecular complexity index is 751.